The highest BCUT2D eigenvalue weighted by molar-refractivity contribution is 5.37. The van der Waals surface area contributed by atoms with Crippen LogP contribution in [-0.4, -0.2) is 17.3 Å². The van der Waals surface area contributed by atoms with Crippen LogP contribution in [0.5, 0.6) is 5.75 Å². The predicted octanol–water partition coefficient (Wildman–Crippen LogP) is 2.00. The second-order valence-electron chi connectivity index (χ2n) is 3.37. The van der Waals surface area contributed by atoms with E-state index in [0.29, 0.717) is 6.54 Å². The molecule has 0 aliphatic carbocycles. The van der Waals surface area contributed by atoms with Gasteiger partial charge in [0.05, 0.1) is 19.9 Å². The third kappa shape index (κ3) is 2.50. The van der Waals surface area contributed by atoms with Crippen LogP contribution in [0.15, 0.2) is 28.9 Å². The number of rotatable bonds is 4. The number of nitrogens with one attached hydrogen (secondary N) is 1. The average molecular weight is 219 g/mol. The normalized spacial score (nSPS) is 10.1. The monoisotopic (exact) mass is 219 g/mol. The molecule has 5 heteroatoms. The zero-order chi connectivity index (χ0) is 11.4. The minimum atomic E-state index is 0.594. The summed E-state index contributed by atoms with van der Waals surface area (Å²) in [7, 11) is 1.61. The van der Waals surface area contributed by atoms with Gasteiger partial charge in [0.15, 0.2) is 0 Å². The van der Waals surface area contributed by atoms with Crippen molar-refractivity contribution >= 4 is 5.82 Å². The molecule has 0 saturated heterocycles. The van der Waals surface area contributed by atoms with Crippen molar-refractivity contribution in [3.05, 3.63) is 35.9 Å². The van der Waals surface area contributed by atoms with Crippen molar-refractivity contribution in [1.29, 1.82) is 0 Å². The van der Waals surface area contributed by atoms with Crippen molar-refractivity contribution in [3.8, 4) is 5.75 Å². The molecule has 0 fully saturated rings. The molecular weight excluding hydrogens is 206 g/mol. The Labute approximate surface area is 93.4 Å². The van der Waals surface area contributed by atoms with Crippen molar-refractivity contribution in [2.75, 3.05) is 12.4 Å². The summed E-state index contributed by atoms with van der Waals surface area (Å²) in [4.78, 5) is 4.18. The first-order valence-corrected chi connectivity index (χ1v) is 4.94. The Morgan fingerprint density at radius 2 is 2.31 bits per heavy atom. The number of nitrogens with zero attached hydrogens (tertiary/aromatic N) is 2. The van der Waals surface area contributed by atoms with E-state index in [1.165, 1.54) is 0 Å². The largest absolute Gasteiger partial charge is 0.495 e. The Bertz CT molecular complexity index is 451. The summed E-state index contributed by atoms with van der Waals surface area (Å²) in [5, 5.41) is 7.01. The fourth-order valence-electron chi connectivity index (χ4n) is 1.29. The van der Waals surface area contributed by atoms with Gasteiger partial charge in [-0.3, -0.25) is 0 Å². The molecule has 5 nitrogen and oxygen atoms in total. The topological polar surface area (TPSA) is 60.2 Å². The third-order valence-corrected chi connectivity index (χ3v) is 2.10. The molecule has 0 bridgehead atoms. The minimum Gasteiger partial charge on any atom is -0.495 e. The van der Waals surface area contributed by atoms with Gasteiger partial charge in [0.2, 0.25) is 0 Å². The standard InChI is InChI=1S/C11H13N3O2/c1-8-5-9(14-16-8)6-12-11-4-3-10(15-2)7-13-11/h3-5,7H,6H2,1-2H3,(H,12,13). The molecule has 16 heavy (non-hydrogen) atoms. The summed E-state index contributed by atoms with van der Waals surface area (Å²) in [5.41, 5.74) is 0.857. The molecule has 2 aromatic heterocycles. The molecule has 0 aliphatic rings. The zero-order valence-corrected chi connectivity index (χ0v) is 9.23. The number of pyridine rings is 1. The molecule has 0 unspecified atom stereocenters. The second-order valence-corrected chi connectivity index (χ2v) is 3.37. The van der Waals surface area contributed by atoms with Crippen LogP contribution in [0.1, 0.15) is 11.5 Å². The average Bonchev–Trinajstić information content (AvgIpc) is 2.73. The molecule has 0 amide bonds. The zero-order valence-electron chi connectivity index (χ0n) is 9.23. The molecule has 0 aromatic carbocycles. The first kappa shape index (κ1) is 10.5. The van der Waals surface area contributed by atoms with Crippen LogP contribution in [0.3, 0.4) is 0 Å². The van der Waals surface area contributed by atoms with E-state index in [1.807, 2.05) is 25.1 Å². The van der Waals surface area contributed by atoms with E-state index in [9.17, 15) is 0 Å². The first-order valence-electron chi connectivity index (χ1n) is 4.94. The second kappa shape index (κ2) is 4.65. The third-order valence-electron chi connectivity index (χ3n) is 2.10. The van der Waals surface area contributed by atoms with Crippen molar-refractivity contribution in [2.24, 2.45) is 0 Å². The highest BCUT2D eigenvalue weighted by atomic mass is 16.5. The maximum absolute atomic E-state index is 5.02. The molecule has 84 valence electrons. The van der Waals surface area contributed by atoms with Crippen LogP contribution >= 0.6 is 0 Å². The SMILES string of the molecule is COc1ccc(NCc2cc(C)on2)nc1. The Kier molecular flexibility index (Phi) is 3.05. The number of hydrogen-bond donors (Lipinski definition) is 1. The van der Waals surface area contributed by atoms with Gasteiger partial charge in [0, 0.05) is 6.07 Å². The number of anilines is 1. The lowest BCUT2D eigenvalue weighted by Crippen LogP contribution is -2.01. The molecule has 2 heterocycles. The van der Waals surface area contributed by atoms with Gasteiger partial charge in [-0.25, -0.2) is 4.98 Å². The maximum Gasteiger partial charge on any atom is 0.137 e. The van der Waals surface area contributed by atoms with Gasteiger partial charge in [0.1, 0.15) is 23.0 Å². The Balaban J connectivity index is 1.94. The van der Waals surface area contributed by atoms with E-state index in [2.05, 4.69) is 15.5 Å². The summed E-state index contributed by atoms with van der Waals surface area (Å²) in [6.07, 6.45) is 1.66. The number of aryl methyl sites for hydroxylation is 1. The fraction of sp³-hybridized carbons (Fsp3) is 0.273. The van der Waals surface area contributed by atoms with Gasteiger partial charge in [-0.2, -0.15) is 0 Å². The van der Waals surface area contributed by atoms with E-state index in [0.717, 1.165) is 23.0 Å². The van der Waals surface area contributed by atoms with Crippen molar-refractivity contribution in [1.82, 2.24) is 10.1 Å². The lowest BCUT2D eigenvalue weighted by molar-refractivity contribution is 0.391. The summed E-state index contributed by atoms with van der Waals surface area (Å²) in [6.45, 7) is 2.46. The van der Waals surface area contributed by atoms with Gasteiger partial charge in [-0.15, -0.1) is 0 Å². The van der Waals surface area contributed by atoms with Crippen LogP contribution < -0.4 is 10.1 Å². The Hall–Kier alpha value is -2.04. The molecule has 0 radical (unpaired) electrons. The van der Waals surface area contributed by atoms with E-state index < -0.39 is 0 Å². The van der Waals surface area contributed by atoms with Gasteiger partial charge in [-0.05, 0) is 19.1 Å². The van der Waals surface area contributed by atoms with Crippen LogP contribution in [0, 0.1) is 6.92 Å². The summed E-state index contributed by atoms with van der Waals surface area (Å²) >= 11 is 0. The number of hydrogen-bond acceptors (Lipinski definition) is 5. The molecule has 1 N–H and O–H groups in total. The molecule has 0 aliphatic heterocycles. The smallest absolute Gasteiger partial charge is 0.137 e. The number of methoxy groups -OCH3 is 1. The van der Waals surface area contributed by atoms with Crippen LogP contribution in [0.4, 0.5) is 5.82 Å². The molecule has 2 rings (SSSR count). The number of aromatic nitrogens is 2. The Morgan fingerprint density at radius 1 is 1.44 bits per heavy atom. The Morgan fingerprint density at radius 3 is 2.88 bits per heavy atom. The summed E-state index contributed by atoms with van der Waals surface area (Å²) in [6, 6.07) is 5.59. The van der Waals surface area contributed by atoms with E-state index in [-0.39, 0.29) is 0 Å². The predicted molar refractivity (Wildman–Crippen MR) is 59.4 cm³/mol. The molecular formula is C11H13N3O2. The molecule has 0 saturated carbocycles. The highest BCUT2D eigenvalue weighted by Crippen LogP contribution is 2.12. The van der Waals surface area contributed by atoms with Gasteiger partial charge >= 0.3 is 0 Å². The van der Waals surface area contributed by atoms with Crippen LogP contribution in [0.25, 0.3) is 0 Å². The molecule has 2 aromatic rings. The lowest BCUT2D eigenvalue weighted by Gasteiger charge is -2.03. The van der Waals surface area contributed by atoms with Gasteiger partial charge < -0.3 is 14.6 Å². The molecule has 0 spiro atoms. The van der Waals surface area contributed by atoms with E-state index >= 15 is 0 Å². The minimum absolute atomic E-state index is 0.594. The quantitative estimate of drug-likeness (QED) is 0.852. The van der Waals surface area contributed by atoms with Crippen molar-refractivity contribution in [3.63, 3.8) is 0 Å². The summed E-state index contributed by atoms with van der Waals surface area (Å²) < 4.78 is 9.98. The lowest BCUT2D eigenvalue weighted by atomic mass is 10.3. The van der Waals surface area contributed by atoms with E-state index in [1.54, 1.807) is 13.3 Å². The first-order chi connectivity index (χ1) is 7.78. The van der Waals surface area contributed by atoms with Crippen LogP contribution in [-0.2, 0) is 6.54 Å². The fourth-order valence-corrected chi connectivity index (χ4v) is 1.29. The van der Waals surface area contributed by atoms with Gasteiger partial charge in [0.25, 0.3) is 0 Å². The summed E-state index contributed by atoms with van der Waals surface area (Å²) in [5.74, 6) is 2.32. The molecule has 0 atom stereocenters. The highest BCUT2D eigenvalue weighted by Gasteiger charge is 2.00. The maximum atomic E-state index is 5.02. The van der Waals surface area contributed by atoms with Crippen molar-refractivity contribution in [2.45, 2.75) is 13.5 Å². The van der Waals surface area contributed by atoms with Gasteiger partial charge in [-0.1, -0.05) is 5.16 Å². The van der Waals surface area contributed by atoms with Crippen molar-refractivity contribution < 1.29 is 9.26 Å². The van der Waals surface area contributed by atoms with E-state index in [4.69, 9.17) is 9.26 Å². The number of ether oxygens (including phenoxy) is 1. The van der Waals surface area contributed by atoms with Crippen LogP contribution in [0.2, 0.25) is 0 Å².